The number of carbonyl (C=O) groups is 1. The van der Waals surface area contributed by atoms with Gasteiger partial charge in [-0.05, 0) is 35.4 Å². The van der Waals surface area contributed by atoms with Crippen LogP contribution in [0.3, 0.4) is 0 Å². The summed E-state index contributed by atoms with van der Waals surface area (Å²) in [5, 5.41) is 33.2. The minimum absolute atomic E-state index is 0.0699. The fourth-order valence-electron chi connectivity index (χ4n) is 3.86. The van der Waals surface area contributed by atoms with Crippen molar-refractivity contribution in [1.29, 1.82) is 0 Å². The number of carbonyl (C=O) groups excluding carboxylic acids is 1. The maximum absolute atomic E-state index is 12.3. The second kappa shape index (κ2) is 12.1. The number of hydrogen-bond acceptors (Lipinski definition) is 11. The summed E-state index contributed by atoms with van der Waals surface area (Å²) in [5.74, 6) is 1.51. The lowest BCUT2D eigenvalue weighted by molar-refractivity contribution is -0.130. The SMILES string of the molecule is COc1ccc(C2CC(c3ccc(Nc4nc(NCCO)nc(NCCO)n4)cc3)=NN2C(C)=O)cc1. The van der Waals surface area contributed by atoms with E-state index in [1.165, 1.54) is 11.9 Å². The topological polar surface area (TPSA) is 157 Å². The molecule has 1 aromatic heterocycles. The zero-order valence-corrected chi connectivity index (χ0v) is 20.7. The summed E-state index contributed by atoms with van der Waals surface area (Å²) >= 11 is 0. The summed E-state index contributed by atoms with van der Waals surface area (Å²) < 4.78 is 5.24. The third-order valence-electron chi connectivity index (χ3n) is 5.63. The van der Waals surface area contributed by atoms with E-state index in [0.717, 1.165) is 28.3 Å². The molecule has 0 radical (unpaired) electrons. The lowest BCUT2D eigenvalue weighted by Gasteiger charge is -2.20. The Balaban J connectivity index is 1.50. The van der Waals surface area contributed by atoms with Crippen molar-refractivity contribution in [2.45, 2.75) is 19.4 Å². The van der Waals surface area contributed by atoms with Crippen molar-refractivity contribution in [1.82, 2.24) is 20.0 Å². The highest BCUT2D eigenvalue weighted by molar-refractivity contribution is 6.03. The van der Waals surface area contributed by atoms with Crippen molar-refractivity contribution in [3.8, 4) is 5.75 Å². The number of nitrogens with zero attached hydrogens (tertiary/aromatic N) is 5. The van der Waals surface area contributed by atoms with E-state index < -0.39 is 0 Å². The molecule has 1 atom stereocenters. The smallest absolute Gasteiger partial charge is 0.240 e. The summed E-state index contributed by atoms with van der Waals surface area (Å²) in [6.45, 7) is 1.94. The first-order chi connectivity index (χ1) is 18.0. The van der Waals surface area contributed by atoms with E-state index in [9.17, 15) is 4.79 Å². The van der Waals surface area contributed by atoms with Gasteiger partial charge >= 0.3 is 0 Å². The van der Waals surface area contributed by atoms with E-state index in [4.69, 9.17) is 14.9 Å². The molecule has 0 saturated carbocycles. The van der Waals surface area contributed by atoms with Crippen LogP contribution < -0.4 is 20.7 Å². The normalized spacial score (nSPS) is 14.8. The average molecular weight is 507 g/mol. The second-order valence-electron chi connectivity index (χ2n) is 8.21. The van der Waals surface area contributed by atoms with Crippen LogP contribution >= 0.6 is 0 Å². The van der Waals surface area contributed by atoms with Crippen LogP contribution in [-0.4, -0.2) is 75.2 Å². The van der Waals surface area contributed by atoms with Crippen LogP contribution in [0.15, 0.2) is 53.6 Å². The molecular weight excluding hydrogens is 476 g/mol. The molecule has 0 aliphatic carbocycles. The molecule has 1 aliphatic heterocycles. The van der Waals surface area contributed by atoms with Gasteiger partial charge in [-0.15, -0.1) is 0 Å². The van der Waals surface area contributed by atoms with Crippen LogP contribution in [0, 0.1) is 0 Å². The number of nitrogens with one attached hydrogen (secondary N) is 3. The highest BCUT2D eigenvalue weighted by atomic mass is 16.5. The van der Waals surface area contributed by atoms with Gasteiger partial charge in [0.05, 0.1) is 32.1 Å². The third kappa shape index (κ3) is 6.48. The maximum atomic E-state index is 12.3. The summed E-state index contributed by atoms with van der Waals surface area (Å²) in [6, 6.07) is 15.1. The molecule has 0 bridgehead atoms. The number of anilines is 4. The van der Waals surface area contributed by atoms with E-state index >= 15 is 0 Å². The maximum Gasteiger partial charge on any atom is 0.240 e. The number of methoxy groups -OCH3 is 1. The number of aromatic nitrogens is 3. The number of ether oxygens (including phenoxy) is 1. The molecule has 0 spiro atoms. The largest absolute Gasteiger partial charge is 0.497 e. The van der Waals surface area contributed by atoms with Gasteiger partial charge in [0, 0.05) is 32.1 Å². The van der Waals surface area contributed by atoms with Crippen molar-refractivity contribution in [3.63, 3.8) is 0 Å². The van der Waals surface area contributed by atoms with E-state index in [0.29, 0.717) is 12.4 Å². The second-order valence-corrected chi connectivity index (χ2v) is 8.21. The molecule has 2 aromatic carbocycles. The molecule has 1 amide bonds. The Kier molecular flexibility index (Phi) is 8.44. The molecule has 12 heteroatoms. The molecule has 12 nitrogen and oxygen atoms in total. The first kappa shape index (κ1) is 25.8. The van der Waals surface area contributed by atoms with Crippen molar-refractivity contribution in [2.24, 2.45) is 5.10 Å². The Bertz CT molecular complexity index is 1210. The summed E-state index contributed by atoms with van der Waals surface area (Å²) in [6.07, 6.45) is 0.589. The van der Waals surface area contributed by atoms with Crippen molar-refractivity contribution < 1.29 is 19.7 Å². The van der Waals surface area contributed by atoms with Crippen LogP contribution in [0.5, 0.6) is 5.75 Å². The quantitative estimate of drug-likeness (QED) is 0.261. The fraction of sp³-hybridized carbons (Fsp3) is 0.320. The molecule has 1 aliphatic rings. The number of aliphatic hydroxyl groups excluding tert-OH is 2. The first-order valence-corrected chi connectivity index (χ1v) is 11.8. The minimum atomic E-state index is -0.184. The minimum Gasteiger partial charge on any atom is -0.497 e. The summed E-state index contributed by atoms with van der Waals surface area (Å²) in [7, 11) is 1.62. The number of rotatable bonds is 11. The molecule has 0 saturated heterocycles. The Labute approximate surface area is 214 Å². The standard InChI is InChI=1S/C25H30N8O4/c1-16(36)33-22(18-5-9-20(37-2)10-6-18)15-21(32-33)17-3-7-19(8-4-17)28-25-30-23(26-11-13-34)29-24(31-25)27-12-14-35/h3-10,22,34-35H,11-15H2,1-2H3,(H3,26,27,28,29,30,31). The molecular formula is C25H30N8O4. The Morgan fingerprint density at radius 1 is 0.946 bits per heavy atom. The van der Waals surface area contributed by atoms with Gasteiger partial charge in [-0.2, -0.15) is 20.1 Å². The van der Waals surface area contributed by atoms with Gasteiger partial charge in [-0.1, -0.05) is 24.3 Å². The van der Waals surface area contributed by atoms with Gasteiger partial charge in [0.2, 0.25) is 23.8 Å². The van der Waals surface area contributed by atoms with Crippen LogP contribution in [0.2, 0.25) is 0 Å². The van der Waals surface area contributed by atoms with E-state index in [1.807, 2.05) is 48.5 Å². The zero-order chi connectivity index (χ0) is 26.2. The first-order valence-electron chi connectivity index (χ1n) is 11.8. The van der Waals surface area contributed by atoms with Crippen molar-refractivity contribution >= 4 is 35.2 Å². The molecule has 3 aromatic rings. The van der Waals surface area contributed by atoms with Crippen LogP contribution in [0.25, 0.3) is 0 Å². The highest BCUT2D eigenvalue weighted by Crippen LogP contribution is 2.33. The highest BCUT2D eigenvalue weighted by Gasteiger charge is 2.31. The van der Waals surface area contributed by atoms with Gasteiger partial charge in [-0.25, -0.2) is 5.01 Å². The van der Waals surface area contributed by atoms with Gasteiger partial charge < -0.3 is 30.9 Å². The van der Waals surface area contributed by atoms with Crippen LogP contribution in [0.1, 0.15) is 30.5 Å². The summed E-state index contributed by atoms with van der Waals surface area (Å²) in [4.78, 5) is 25.2. The van der Waals surface area contributed by atoms with Gasteiger partial charge in [0.25, 0.3) is 0 Å². The van der Waals surface area contributed by atoms with Crippen LogP contribution in [0.4, 0.5) is 23.5 Å². The Hall–Kier alpha value is -4.29. The predicted molar refractivity (Wildman–Crippen MR) is 140 cm³/mol. The Morgan fingerprint density at radius 2 is 1.54 bits per heavy atom. The molecule has 194 valence electrons. The van der Waals surface area contributed by atoms with Gasteiger partial charge in [-0.3, -0.25) is 4.79 Å². The summed E-state index contributed by atoms with van der Waals surface area (Å²) in [5.41, 5.74) is 3.44. The zero-order valence-electron chi connectivity index (χ0n) is 20.7. The van der Waals surface area contributed by atoms with Crippen molar-refractivity contribution in [3.05, 3.63) is 59.7 Å². The lowest BCUT2D eigenvalue weighted by Crippen LogP contribution is -2.24. The van der Waals surface area contributed by atoms with E-state index in [2.05, 4.69) is 36.0 Å². The number of benzene rings is 2. The lowest BCUT2D eigenvalue weighted by atomic mass is 9.98. The third-order valence-corrected chi connectivity index (χ3v) is 5.63. The Morgan fingerprint density at radius 3 is 2.08 bits per heavy atom. The molecule has 5 N–H and O–H groups in total. The predicted octanol–water partition coefficient (Wildman–Crippen LogP) is 2.13. The number of amides is 1. The number of hydrazone groups is 1. The van der Waals surface area contributed by atoms with E-state index in [1.54, 1.807) is 7.11 Å². The molecule has 37 heavy (non-hydrogen) atoms. The van der Waals surface area contributed by atoms with Crippen molar-refractivity contribution in [2.75, 3.05) is 49.4 Å². The molecule has 4 rings (SSSR count). The number of hydrogen-bond donors (Lipinski definition) is 5. The number of aliphatic hydroxyl groups is 2. The van der Waals surface area contributed by atoms with Gasteiger partial charge in [0.1, 0.15) is 5.75 Å². The molecule has 1 unspecified atom stereocenters. The van der Waals surface area contributed by atoms with Gasteiger partial charge in [0.15, 0.2) is 0 Å². The molecule has 2 heterocycles. The average Bonchev–Trinajstić information content (AvgIpc) is 3.37. The fourth-order valence-corrected chi connectivity index (χ4v) is 3.86. The van der Waals surface area contributed by atoms with E-state index in [-0.39, 0.29) is 50.1 Å². The monoisotopic (exact) mass is 506 g/mol. The van der Waals surface area contributed by atoms with Crippen LogP contribution in [-0.2, 0) is 4.79 Å². The molecule has 0 fully saturated rings.